The molecule has 0 aromatic rings. The third kappa shape index (κ3) is 46.2. The van der Waals surface area contributed by atoms with E-state index in [1.165, 1.54) is 103 Å². The first-order chi connectivity index (χ1) is 29.5. The lowest BCUT2D eigenvalue weighted by molar-refractivity contribution is -0.167. The van der Waals surface area contributed by atoms with Gasteiger partial charge in [-0.3, -0.25) is 14.4 Å². The van der Waals surface area contributed by atoms with Gasteiger partial charge in [0.1, 0.15) is 13.2 Å². The summed E-state index contributed by atoms with van der Waals surface area (Å²) >= 11 is 0. The lowest BCUT2D eigenvalue weighted by atomic mass is 10.1. The summed E-state index contributed by atoms with van der Waals surface area (Å²) in [5.41, 5.74) is 0. The minimum atomic E-state index is -0.775. The van der Waals surface area contributed by atoms with E-state index in [1.807, 2.05) is 0 Å². The van der Waals surface area contributed by atoms with Crippen molar-refractivity contribution in [2.45, 2.75) is 252 Å². The number of unbranched alkanes of at least 4 members (excludes halogenated alkanes) is 24. The molecule has 6 nitrogen and oxygen atoms in total. The van der Waals surface area contributed by atoms with E-state index in [4.69, 9.17) is 14.2 Å². The molecule has 60 heavy (non-hydrogen) atoms. The third-order valence-electron chi connectivity index (χ3n) is 10.7. The molecule has 0 saturated carbocycles. The predicted octanol–water partition coefficient (Wildman–Crippen LogP) is 16.5. The molecule has 0 bridgehead atoms. The Morgan fingerprint density at radius 2 is 0.683 bits per heavy atom. The number of rotatable bonds is 45. The number of allylic oxidation sites excluding steroid dienone is 10. The van der Waals surface area contributed by atoms with Gasteiger partial charge in [0.25, 0.3) is 0 Å². The Morgan fingerprint density at radius 3 is 1.10 bits per heavy atom. The van der Waals surface area contributed by atoms with Gasteiger partial charge in [0, 0.05) is 19.3 Å². The Balaban J connectivity index is 4.20. The maximum atomic E-state index is 12.7. The number of ether oxygens (including phenoxy) is 3. The van der Waals surface area contributed by atoms with Crippen molar-refractivity contribution in [3.8, 4) is 0 Å². The van der Waals surface area contributed by atoms with Gasteiger partial charge in [-0.1, -0.05) is 210 Å². The van der Waals surface area contributed by atoms with Crippen LogP contribution in [0.3, 0.4) is 0 Å². The second-order valence-electron chi connectivity index (χ2n) is 16.7. The first kappa shape index (κ1) is 57.1. The predicted molar refractivity (Wildman–Crippen MR) is 256 cm³/mol. The fraction of sp³-hybridized carbons (Fsp3) is 0.759. The van der Waals surface area contributed by atoms with Gasteiger partial charge in [-0.05, 0) is 77.0 Å². The second-order valence-corrected chi connectivity index (χ2v) is 16.7. The van der Waals surface area contributed by atoms with Gasteiger partial charge in [-0.15, -0.1) is 0 Å². The number of hydrogen-bond donors (Lipinski definition) is 0. The summed E-state index contributed by atoms with van der Waals surface area (Å²) in [6.45, 7) is 6.43. The van der Waals surface area contributed by atoms with Crippen LogP contribution in [0.4, 0.5) is 0 Å². The van der Waals surface area contributed by atoms with E-state index in [1.54, 1.807) is 0 Å². The van der Waals surface area contributed by atoms with Crippen molar-refractivity contribution in [2.75, 3.05) is 13.2 Å². The molecular weight excluding hydrogens is 745 g/mol. The Bertz CT molecular complexity index is 1100. The molecule has 0 aliphatic heterocycles. The molecule has 0 N–H and O–H groups in total. The zero-order chi connectivity index (χ0) is 43.7. The molecule has 0 radical (unpaired) electrons. The Morgan fingerprint density at radius 1 is 0.350 bits per heavy atom. The molecule has 6 heteroatoms. The topological polar surface area (TPSA) is 78.9 Å². The second kappa shape index (κ2) is 48.8. The van der Waals surface area contributed by atoms with Crippen molar-refractivity contribution < 1.29 is 28.6 Å². The summed E-state index contributed by atoms with van der Waals surface area (Å²) in [6.07, 6.45) is 59.3. The Hall–Kier alpha value is -2.89. The molecule has 346 valence electrons. The molecule has 1 unspecified atom stereocenters. The highest BCUT2D eigenvalue weighted by atomic mass is 16.6. The van der Waals surface area contributed by atoms with Crippen LogP contribution in [-0.2, 0) is 28.6 Å². The Labute approximate surface area is 370 Å². The smallest absolute Gasteiger partial charge is 0.306 e. The van der Waals surface area contributed by atoms with E-state index in [0.717, 1.165) is 103 Å². The summed E-state index contributed by atoms with van der Waals surface area (Å²) in [5.74, 6) is -0.894. The van der Waals surface area contributed by atoms with Crippen LogP contribution < -0.4 is 0 Å². The molecule has 0 aliphatic carbocycles. The molecule has 0 aromatic heterocycles. The first-order valence-electron chi connectivity index (χ1n) is 25.3. The van der Waals surface area contributed by atoms with Crippen LogP contribution in [0.25, 0.3) is 0 Å². The van der Waals surface area contributed by atoms with Crippen LogP contribution in [0.15, 0.2) is 60.8 Å². The summed E-state index contributed by atoms with van der Waals surface area (Å²) in [4.78, 5) is 37.8. The average Bonchev–Trinajstić information content (AvgIpc) is 3.24. The van der Waals surface area contributed by atoms with E-state index in [9.17, 15) is 14.4 Å². The quantitative estimate of drug-likeness (QED) is 0.0263. The van der Waals surface area contributed by atoms with Gasteiger partial charge in [0.15, 0.2) is 6.10 Å². The lowest BCUT2D eigenvalue weighted by Gasteiger charge is -2.18. The van der Waals surface area contributed by atoms with Crippen LogP contribution >= 0.6 is 0 Å². The highest BCUT2D eigenvalue weighted by Gasteiger charge is 2.19. The van der Waals surface area contributed by atoms with Crippen LogP contribution in [-0.4, -0.2) is 37.2 Å². The van der Waals surface area contributed by atoms with E-state index in [2.05, 4.69) is 81.5 Å². The average molecular weight is 839 g/mol. The van der Waals surface area contributed by atoms with Crippen LogP contribution in [0.2, 0.25) is 0 Å². The maximum absolute atomic E-state index is 12.7. The van der Waals surface area contributed by atoms with Crippen molar-refractivity contribution in [3.05, 3.63) is 60.8 Å². The van der Waals surface area contributed by atoms with E-state index < -0.39 is 6.10 Å². The fourth-order valence-corrected chi connectivity index (χ4v) is 6.96. The van der Waals surface area contributed by atoms with Crippen molar-refractivity contribution in [1.82, 2.24) is 0 Å². The lowest BCUT2D eigenvalue weighted by Crippen LogP contribution is -2.30. The molecular formula is C54H94O6. The molecule has 0 rings (SSSR count). The standard InChI is InChI=1S/C54H94O6/c1-4-7-10-13-16-19-21-22-23-24-25-26-27-28-29-30-31-32-33-36-38-41-44-47-53(56)59-50-51(49-58-52(55)46-43-40-37-34-18-15-12-9-6-3)60-54(57)48-45-42-39-35-20-17-14-11-8-5-2/h7,10-11,14,16,19,22-23,25-26,51H,4-6,8-9,12-13,15,17-18,20-21,24,27-50H2,1-3H3/b10-7-,14-11-,19-16-,23-22-,26-25-. The third-order valence-corrected chi connectivity index (χ3v) is 10.7. The highest BCUT2D eigenvalue weighted by Crippen LogP contribution is 2.15. The molecule has 0 fully saturated rings. The SMILES string of the molecule is CC/C=C\C/C=C\C/C=C\C/C=C\CCCCCCCCCCCCC(=O)OCC(COC(=O)CCCCCCCCCCC)OC(=O)CCCCCCC/C=C\CCC. The normalized spacial score (nSPS) is 12.5. The minimum absolute atomic E-state index is 0.0773. The van der Waals surface area contributed by atoms with E-state index in [0.29, 0.717) is 19.3 Å². The van der Waals surface area contributed by atoms with Gasteiger partial charge >= 0.3 is 17.9 Å². The van der Waals surface area contributed by atoms with Crippen molar-refractivity contribution in [3.63, 3.8) is 0 Å². The maximum Gasteiger partial charge on any atom is 0.306 e. The molecule has 0 amide bonds. The summed E-state index contributed by atoms with van der Waals surface area (Å²) in [6, 6.07) is 0. The number of carbonyl (C=O) groups is 3. The first-order valence-corrected chi connectivity index (χ1v) is 25.3. The van der Waals surface area contributed by atoms with E-state index >= 15 is 0 Å². The van der Waals surface area contributed by atoms with Crippen LogP contribution in [0.5, 0.6) is 0 Å². The summed E-state index contributed by atoms with van der Waals surface area (Å²) < 4.78 is 16.7. The highest BCUT2D eigenvalue weighted by molar-refractivity contribution is 5.71. The van der Waals surface area contributed by atoms with Gasteiger partial charge in [0.05, 0.1) is 0 Å². The molecule has 0 heterocycles. The molecule has 0 aromatic carbocycles. The van der Waals surface area contributed by atoms with Gasteiger partial charge in [0.2, 0.25) is 0 Å². The summed E-state index contributed by atoms with van der Waals surface area (Å²) in [7, 11) is 0. The fourth-order valence-electron chi connectivity index (χ4n) is 6.96. The van der Waals surface area contributed by atoms with Gasteiger partial charge in [-0.2, -0.15) is 0 Å². The van der Waals surface area contributed by atoms with Crippen LogP contribution in [0.1, 0.15) is 245 Å². The Kier molecular flexibility index (Phi) is 46.4. The van der Waals surface area contributed by atoms with Crippen molar-refractivity contribution in [2.24, 2.45) is 0 Å². The number of carbonyl (C=O) groups excluding carboxylic acids is 3. The van der Waals surface area contributed by atoms with E-state index in [-0.39, 0.29) is 31.1 Å². The molecule has 1 atom stereocenters. The van der Waals surface area contributed by atoms with Crippen molar-refractivity contribution >= 4 is 17.9 Å². The number of hydrogen-bond acceptors (Lipinski definition) is 6. The molecule has 0 spiro atoms. The summed E-state index contributed by atoms with van der Waals surface area (Å²) in [5, 5.41) is 0. The largest absolute Gasteiger partial charge is 0.462 e. The molecule has 0 saturated heterocycles. The number of esters is 3. The minimum Gasteiger partial charge on any atom is -0.462 e. The zero-order valence-electron chi connectivity index (χ0n) is 39.5. The van der Waals surface area contributed by atoms with Gasteiger partial charge in [-0.25, -0.2) is 0 Å². The van der Waals surface area contributed by atoms with Crippen molar-refractivity contribution in [1.29, 1.82) is 0 Å². The monoisotopic (exact) mass is 839 g/mol. The molecule has 0 aliphatic rings. The van der Waals surface area contributed by atoms with Crippen LogP contribution in [0, 0.1) is 0 Å². The zero-order valence-corrected chi connectivity index (χ0v) is 39.5. The van der Waals surface area contributed by atoms with Gasteiger partial charge < -0.3 is 14.2 Å².